The molecule has 1 aliphatic rings. The van der Waals surface area contributed by atoms with Gasteiger partial charge in [0.15, 0.2) is 0 Å². The van der Waals surface area contributed by atoms with Crippen molar-refractivity contribution in [2.45, 2.75) is 26.3 Å². The first-order chi connectivity index (χ1) is 6.29. The van der Waals surface area contributed by atoms with Crippen molar-refractivity contribution in [1.29, 1.82) is 0 Å². The van der Waals surface area contributed by atoms with Crippen molar-refractivity contribution in [1.82, 2.24) is 0 Å². The average Bonchev–Trinajstić information content (AvgIpc) is 2.17. The van der Waals surface area contributed by atoms with Crippen LogP contribution in [0.5, 0.6) is 5.75 Å². The highest BCUT2D eigenvalue weighted by Crippen LogP contribution is 2.30. The molecule has 1 unspecified atom stereocenters. The van der Waals surface area contributed by atoms with Crippen molar-refractivity contribution in [3.8, 4) is 5.75 Å². The molecule has 70 valence electrons. The lowest BCUT2D eigenvalue weighted by Crippen LogP contribution is -2.30. The third-order valence-electron chi connectivity index (χ3n) is 2.43. The highest BCUT2D eigenvalue weighted by Gasteiger charge is 2.16. The molecule has 2 nitrogen and oxygen atoms in total. The fraction of sp³-hybridized carbons (Fsp3) is 0.455. The Labute approximate surface area is 78.9 Å². The minimum Gasteiger partial charge on any atom is -0.489 e. The molecule has 2 rings (SSSR count). The summed E-state index contributed by atoms with van der Waals surface area (Å²) in [6.45, 7) is 5.03. The molecule has 0 aromatic heterocycles. The number of anilines is 1. The normalized spacial score (nSPS) is 20.0. The Morgan fingerprint density at radius 3 is 3.15 bits per heavy atom. The molecule has 2 heteroatoms. The molecule has 1 aromatic rings. The van der Waals surface area contributed by atoms with Crippen LogP contribution in [0.4, 0.5) is 5.69 Å². The second-order valence-corrected chi connectivity index (χ2v) is 3.56. The Hall–Kier alpha value is -1.18. The van der Waals surface area contributed by atoms with Crippen LogP contribution >= 0.6 is 0 Å². The van der Waals surface area contributed by atoms with Crippen LogP contribution in [0, 0.1) is 6.92 Å². The van der Waals surface area contributed by atoms with Gasteiger partial charge in [-0.15, -0.1) is 0 Å². The van der Waals surface area contributed by atoms with Crippen molar-refractivity contribution in [3.05, 3.63) is 23.8 Å². The number of nitrogens with one attached hydrogen (secondary N) is 1. The van der Waals surface area contributed by atoms with Gasteiger partial charge in [-0.3, -0.25) is 0 Å². The molecule has 0 radical (unpaired) electrons. The van der Waals surface area contributed by atoms with E-state index in [0.717, 1.165) is 24.5 Å². The quantitative estimate of drug-likeness (QED) is 0.711. The van der Waals surface area contributed by atoms with E-state index in [1.54, 1.807) is 0 Å². The highest BCUT2D eigenvalue weighted by atomic mass is 16.5. The van der Waals surface area contributed by atoms with Gasteiger partial charge < -0.3 is 10.1 Å². The maximum absolute atomic E-state index is 5.65. The fourth-order valence-electron chi connectivity index (χ4n) is 1.54. The summed E-state index contributed by atoms with van der Waals surface area (Å²) in [5, 5.41) is 3.45. The molecule has 0 spiro atoms. The van der Waals surface area contributed by atoms with E-state index in [9.17, 15) is 0 Å². The van der Waals surface area contributed by atoms with Crippen molar-refractivity contribution >= 4 is 5.69 Å². The summed E-state index contributed by atoms with van der Waals surface area (Å²) in [4.78, 5) is 0. The first-order valence-electron chi connectivity index (χ1n) is 4.79. The lowest BCUT2D eigenvalue weighted by molar-refractivity contribution is 0.281. The van der Waals surface area contributed by atoms with Crippen LogP contribution in [0.1, 0.15) is 18.9 Å². The van der Waals surface area contributed by atoms with E-state index in [-0.39, 0.29) is 0 Å². The van der Waals surface area contributed by atoms with Gasteiger partial charge in [0.25, 0.3) is 0 Å². The van der Waals surface area contributed by atoms with E-state index in [4.69, 9.17) is 4.74 Å². The SMILES string of the molecule is CCC1COc2cc(C)ccc2N1. The predicted molar refractivity (Wildman–Crippen MR) is 54.4 cm³/mol. The van der Waals surface area contributed by atoms with Gasteiger partial charge in [-0.1, -0.05) is 13.0 Å². The van der Waals surface area contributed by atoms with Gasteiger partial charge in [-0.25, -0.2) is 0 Å². The summed E-state index contributed by atoms with van der Waals surface area (Å²) >= 11 is 0. The lowest BCUT2D eigenvalue weighted by atomic mass is 10.1. The van der Waals surface area contributed by atoms with Crippen LogP contribution in [0.2, 0.25) is 0 Å². The molecule has 0 saturated heterocycles. The molecule has 1 N–H and O–H groups in total. The molecule has 13 heavy (non-hydrogen) atoms. The maximum Gasteiger partial charge on any atom is 0.142 e. The number of aryl methyl sites for hydroxylation is 1. The predicted octanol–water partition coefficient (Wildman–Crippen LogP) is 2.58. The Morgan fingerprint density at radius 1 is 1.54 bits per heavy atom. The van der Waals surface area contributed by atoms with Crippen molar-refractivity contribution < 1.29 is 4.74 Å². The standard InChI is InChI=1S/C11H15NO/c1-3-9-7-13-11-6-8(2)4-5-10(11)12-9/h4-6,9,12H,3,7H2,1-2H3. The lowest BCUT2D eigenvalue weighted by Gasteiger charge is -2.26. The number of ether oxygens (including phenoxy) is 1. The van der Waals surface area contributed by atoms with Crippen molar-refractivity contribution in [2.75, 3.05) is 11.9 Å². The molecule has 1 heterocycles. The molecule has 0 amide bonds. The molecule has 1 atom stereocenters. The smallest absolute Gasteiger partial charge is 0.142 e. The molecule has 0 bridgehead atoms. The van der Waals surface area contributed by atoms with Crippen molar-refractivity contribution in [3.63, 3.8) is 0 Å². The zero-order valence-corrected chi connectivity index (χ0v) is 8.13. The molecule has 0 aliphatic carbocycles. The summed E-state index contributed by atoms with van der Waals surface area (Å²) in [6.07, 6.45) is 1.10. The first kappa shape index (κ1) is 8.42. The molecular weight excluding hydrogens is 162 g/mol. The Morgan fingerprint density at radius 2 is 2.38 bits per heavy atom. The molecule has 1 aromatic carbocycles. The second kappa shape index (κ2) is 3.29. The summed E-state index contributed by atoms with van der Waals surface area (Å²) in [5.74, 6) is 0.990. The van der Waals surface area contributed by atoms with E-state index < -0.39 is 0 Å². The molecule has 0 fully saturated rings. The van der Waals surface area contributed by atoms with Crippen LogP contribution < -0.4 is 10.1 Å². The van der Waals surface area contributed by atoms with Crippen LogP contribution in [-0.4, -0.2) is 12.6 Å². The first-order valence-corrected chi connectivity index (χ1v) is 4.79. The molecule has 1 aliphatic heterocycles. The summed E-state index contributed by atoms with van der Waals surface area (Å²) in [7, 11) is 0. The van der Waals surface area contributed by atoms with Crippen LogP contribution in [0.25, 0.3) is 0 Å². The van der Waals surface area contributed by atoms with Crippen LogP contribution in [0.3, 0.4) is 0 Å². The monoisotopic (exact) mass is 177 g/mol. The fourth-order valence-corrected chi connectivity index (χ4v) is 1.54. The third kappa shape index (κ3) is 1.62. The number of hydrogen-bond donors (Lipinski definition) is 1. The topological polar surface area (TPSA) is 21.3 Å². The van der Waals surface area contributed by atoms with Crippen LogP contribution in [-0.2, 0) is 0 Å². The zero-order valence-electron chi connectivity index (χ0n) is 8.13. The van der Waals surface area contributed by atoms with Gasteiger partial charge in [0.2, 0.25) is 0 Å². The number of hydrogen-bond acceptors (Lipinski definition) is 2. The van der Waals surface area contributed by atoms with E-state index in [1.807, 2.05) is 0 Å². The third-order valence-corrected chi connectivity index (χ3v) is 2.43. The largest absolute Gasteiger partial charge is 0.489 e. The average molecular weight is 177 g/mol. The van der Waals surface area contributed by atoms with Gasteiger partial charge in [-0.05, 0) is 31.0 Å². The zero-order chi connectivity index (χ0) is 9.26. The molecule has 0 saturated carbocycles. The second-order valence-electron chi connectivity index (χ2n) is 3.56. The number of benzene rings is 1. The summed E-state index contributed by atoms with van der Waals surface area (Å²) in [6, 6.07) is 6.74. The van der Waals surface area contributed by atoms with E-state index in [0.29, 0.717) is 6.04 Å². The Bertz CT molecular complexity index is 309. The van der Waals surface area contributed by atoms with Gasteiger partial charge in [0.1, 0.15) is 12.4 Å². The van der Waals surface area contributed by atoms with Gasteiger partial charge in [-0.2, -0.15) is 0 Å². The van der Waals surface area contributed by atoms with E-state index >= 15 is 0 Å². The minimum atomic E-state index is 0.468. The Balaban J connectivity index is 2.26. The number of rotatable bonds is 1. The van der Waals surface area contributed by atoms with Gasteiger partial charge in [0, 0.05) is 0 Å². The highest BCUT2D eigenvalue weighted by molar-refractivity contribution is 5.59. The summed E-state index contributed by atoms with van der Waals surface area (Å²) in [5.41, 5.74) is 2.37. The maximum atomic E-state index is 5.65. The van der Waals surface area contributed by atoms with Gasteiger partial charge in [0.05, 0.1) is 11.7 Å². The summed E-state index contributed by atoms with van der Waals surface area (Å²) < 4.78 is 5.65. The van der Waals surface area contributed by atoms with Crippen molar-refractivity contribution in [2.24, 2.45) is 0 Å². The number of fused-ring (bicyclic) bond motifs is 1. The minimum absolute atomic E-state index is 0.468. The van der Waals surface area contributed by atoms with Crippen LogP contribution in [0.15, 0.2) is 18.2 Å². The molecular formula is C11H15NO. The van der Waals surface area contributed by atoms with E-state index in [1.165, 1.54) is 5.56 Å². The van der Waals surface area contributed by atoms with E-state index in [2.05, 4.69) is 37.4 Å². The van der Waals surface area contributed by atoms with Gasteiger partial charge >= 0.3 is 0 Å². The Kier molecular flexibility index (Phi) is 2.13.